The fourth-order valence-corrected chi connectivity index (χ4v) is 12.1. The minimum atomic E-state index is -0.735. The second kappa shape index (κ2) is 18.3. The van der Waals surface area contributed by atoms with E-state index in [1.165, 1.54) is 75.7 Å². The van der Waals surface area contributed by atoms with Crippen molar-refractivity contribution in [2.45, 2.75) is 175 Å². The molecular weight excluding hydrogens is 487 g/mol. The Balaban J connectivity index is 2.38. The van der Waals surface area contributed by atoms with Crippen molar-refractivity contribution < 1.29 is 10.0 Å². The normalized spacial score (nSPS) is 19.0. The molecule has 1 N–H and O–H groups in total. The molecule has 225 valence electrons. The summed E-state index contributed by atoms with van der Waals surface area (Å²) in [4.78, 5) is 13.1. The molecule has 0 aromatic heterocycles. The van der Waals surface area contributed by atoms with E-state index in [1.807, 2.05) is 27.7 Å². The molecule has 1 heterocycles. The first kappa shape index (κ1) is 35.8. The van der Waals surface area contributed by atoms with Crippen LogP contribution in [-0.4, -0.2) is 52.7 Å². The van der Waals surface area contributed by atoms with Gasteiger partial charge in [0.25, 0.3) is 0 Å². The zero-order valence-corrected chi connectivity index (χ0v) is 27.9. The number of hydroxylamine groups is 2. The van der Waals surface area contributed by atoms with E-state index in [2.05, 4.69) is 33.0 Å². The lowest BCUT2D eigenvalue weighted by Crippen LogP contribution is -2.62. The third-order valence-electron chi connectivity index (χ3n) is 9.19. The van der Waals surface area contributed by atoms with E-state index in [-0.39, 0.29) is 17.9 Å². The van der Waals surface area contributed by atoms with E-state index >= 15 is 0 Å². The first-order valence-corrected chi connectivity index (χ1v) is 19.1. The lowest BCUT2D eigenvalue weighted by atomic mass is 9.78. The molecule has 38 heavy (non-hydrogen) atoms. The van der Waals surface area contributed by atoms with Gasteiger partial charge >= 0.3 is 0 Å². The van der Waals surface area contributed by atoms with E-state index in [9.17, 15) is 10.0 Å². The van der Waals surface area contributed by atoms with Gasteiger partial charge in [0.05, 0.1) is 24.6 Å². The molecule has 1 atom stereocenters. The predicted octanol–water partition coefficient (Wildman–Crippen LogP) is 9.64. The lowest BCUT2D eigenvalue weighted by molar-refractivity contribution is -0.290. The summed E-state index contributed by atoms with van der Waals surface area (Å²) in [6, 6.07) is 0.0914. The molecule has 1 aliphatic heterocycles. The molecule has 5 heteroatoms. The van der Waals surface area contributed by atoms with Gasteiger partial charge in [0.1, 0.15) is 0 Å². The zero-order chi connectivity index (χ0) is 28.7. The first-order chi connectivity index (χ1) is 18.0. The van der Waals surface area contributed by atoms with Crippen LogP contribution in [0, 0.1) is 5.92 Å². The van der Waals surface area contributed by atoms with Crippen molar-refractivity contribution in [1.29, 1.82) is 0 Å². The highest BCUT2D eigenvalue weighted by Gasteiger charge is 2.46. The molecule has 1 fully saturated rings. The maximum absolute atomic E-state index is 13.1. The number of piperidine rings is 1. The topological polar surface area (TPSA) is 52.2 Å². The van der Waals surface area contributed by atoms with E-state index in [4.69, 9.17) is 0 Å². The van der Waals surface area contributed by atoms with Crippen LogP contribution in [0.15, 0.2) is 0 Å². The van der Waals surface area contributed by atoms with Crippen LogP contribution in [0.5, 0.6) is 0 Å². The van der Waals surface area contributed by atoms with Gasteiger partial charge in [-0.1, -0.05) is 72.6 Å². The van der Waals surface area contributed by atoms with E-state index in [1.54, 1.807) is 24.6 Å². The maximum atomic E-state index is 13.1. The second-order valence-corrected chi connectivity index (χ2v) is 18.3. The number of hydrogen-bond donors (Lipinski definition) is 1. The van der Waals surface area contributed by atoms with Crippen molar-refractivity contribution in [3.63, 3.8) is 0 Å². The second-order valence-electron chi connectivity index (χ2n) is 13.8. The first-order valence-electron chi connectivity index (χ1n) is 16.6. The molecule has 0 bridgehead atoms. The molecule has 1 saturated heterocycles. The van der Waals surface area contributed by atoms with Crippen LogP contribution in [-0.2, 0) is 10.0 Å². The molecule has 1 unspecified atom stereocenters. The highest BCUT2D eigenvalue weighted by Crippen LogP contribution is 2.61. The molecule has 0 spiro atoms. The van der Waals surface area contributed by atoms with Crippen molar-refractivity contribution in [3.05, 3.63) is 0 Å². The van der Waals surface area contributed by atoms with Crippen molar-refractivity contribution in [2.24, 2.45) is 5.92 Å². The molecular formula is C33H67N2O2P+. The third-order valence-corrected chi connectivity index (χ3v) is 14.3. The molecule has 1 aliphatic rings. The smallest absolute Gasteiger partial charge is 0.223 e. The summed E-state index contributed by atoms with van der Waals surface area (Å²) in [5.41, 5.74) is -0.879. The summed E-state index contributed by atoms with van der Waals surface area (Å²) in [5.74, 6) is 0.308. The molecule has 1 radical (unpaired) electrons. The number of nitrogens with one attached hydrogen (secondary N) is 1. The van der Waals surface area contributed by atoms with Crippen molar-refractivity contribution >= 4 is 13.2 Å². The van der Waals surface area contributed by atoms with Gasteiger partial charge in [-0.3, -0.25) is 4.79 Å². The Morgan fingerprint density at radius 1 is 0.737 bits per heavy atom. The summed E-state index contributed by atoms with van der Waals surface area (Å²) in [6.07, 6.45) is 25.9. The molecule has 4 nitrogen and oxygen atoms in total. The summed E-state index contributed by atoms with van der Waals surface area (Å²) >= 11 is 0. The Kier molecular flexibility index (Phi) is 17.3. The number of carbonyl (C=O) groups is 1. The molecule has 1 amide bonds. The highest BCUT2D eigenvalue weighted by atomic mass is 31.2. The summed E-state index contributed by atoms with van der Waals surface area (Å²) < 4.78 is 0. The Hall–Kier alpha value is -0.180. The number of rotatable bonds is 21. The molecule has 0 aromatic carbocycles. The van der Waals surface area contributed by atoms with Gasteiger partial charge in [0, 0.05) is 30.3 Å². The van der Waals surface area contributed by atoms with Gasteiger partial charge in [-0.15, -0.1) is 10.3 Å². The molecule has 0 aromatic rings. The van der Waals surface area contributed by atoms with Gasteiger partial charge in [0.15, 0.2) is 0 Å². The quantitative estimate of drug-likeness (QED) is 0.113. The Labute approximate surface area is 239 Å². The monoisotopic (exact) mass is 554 g/mol. The van der Waals surface area contributed by atoms with Crippen LogP contribution >= 0.6 is 7.26 Å². The zero-order valence-electron chi connectivity index (χ0n) is 27.0. The van der Waals surface area contributed by atoms with Crippen LogP contribution in [0.25, 0.3) is 0 Å². The standard InChI is InChI=1S/C33H66N2O2P/c1-9-13-23-38(24-14-10-2,25-15-11-3)26-21-19-17-16-18-20-22-29(12-4)31(36)34-30-27-32(5,6)35(37)33(7,8)28-30/h29-30H,9-28H2,1-8H3/p+1. The van der Waals surface area contributed by atoms with E-state index in [0.717, 1.165) is 32.1 Å². The van der Waals surface area contributed by atoms with Crippen molar-refractivity contribution in [1.82, 2.24) is 10.4 Å². The Morgan fingerprint density at radius 2 is 1.16 bits per heavy atom. The van der Waals surface area contributed by atoms with E-state index in [0.29, 0.717) is 0 Å². The highest BCUT2D eigenvalue weighted by molar-refractivity contribution is 7.75. The van der Waals surface area contributed by atoms with Crippen LogP contribution in [0.3, 0.4) is 0 Å². The van der Waals surface area contributed by atoms with Gasteiger partial charge in [-0.05, 0) is 85.5 Å². The predicted molar refractivity (Wildman–Crippen MR) is 169 cm³/mol. The van der Waals surface area contributed by atoms with Gasteiger partial charge in [-0.2, -0.15) is 0 Å². The van der Waals surface area contributed by atoms with Crippen LogP contribution in [0.4, 0.5) is 0 Å². The average Bonchev–Trinajstić information content (AvgIpc) is 2.86. The minimum Gasteiger partial charge on any atom is -0.353 e. The molecule has 0 aliphatic carbocycles. The number of amides is 1. The Morgan fingerprint density at radius 3 is 1.61 bits per heavy atom. The number of carbonyl (C=O) groups excluding carboxylic acids is 1. The van der Waals surface area contributed by atoms with Crippen molar-refractivity contribution in [2.75, 3.05) is 24.6 Å². The van der Waals surface area contributed by atoms with Crippen molar-refractivity contribution in [3.8, 4) is 0 Å². The fourth-order valence-electron chi connectivity index (χ4n) is 6.90. The van der Waals surface area contributed by atoms with Crippen LogP contribution < -0.4 is 5.32 Å². The maximum Gasteiger partial charge on any atom is 0.223 e. The largest absolute Gasteiger partial charge is 0.353 e. The molecule has 0 saturated carbocycles. The van der Waals surface area contributed by atoms with Crippen LogP contribution in [0.1, 0.15) is 158 Å². The SMILES string of the molecule is CCCC[P+](CCCC)(CCCC)CCCCCCCCC(CC)C(=O)NC1CC(C)(C)N([O])C(C)(C)C1. The number of unbranched alkanes of at least 4 members (excludes halogenated alkanes) is 8. The Bertz CT molecular complexity index is 597. The number of nitrogens with zero attached hydrogens (tertiary/aromatic N) is 1. The van der Waals surface area contributed by atoms with E-state index < -0.39 is 18.3 Å². The summed E-state index contributed by atoms with van der Waals surface area (Å²) in [6.45, 7) is 17.2. The summed E-state index contributed by atoms with van der Waals surface area (Å²) in [5, 5.41) is 17.2. The fraction of sp³-hybridized carbons (Fsp3) is 0.970. The third kappa shape index (κ3) is 12.6. The van der Waals surface area contributed by atoms with Crippen LogP contribution in [0.2, 0.25) is 0 Å². The summed E-state index contributed by atoms with van der Waals surface area (Å²) in [7, 11) is -0.735. The average molecular weight is 555 g/mol. The minimum absolute atomic E-state index is 0.0914. The number of hydrogen-bond acceptors (Lipinski definition) is 2. The van der Waals surface area contributed by atoms with Gasteiger partial charge in [0.2, 0.25) is 5.91 Å². The van der Waals surface area contributed by atoms with Gasteiger partial charge in [-0.25, -0.2) is 0 Å². The lowest BCUT2D eigenvalue weighted by Gasteiger charge is -2.50. The molecule has 1 rings (SSSR count). The van der Waals surface area contributed by atoms with Gasteiger partial charge < -0.3 is 5.32 Å².